The Morgan fingerprint density at radius 1 is 1.18 bits per heavy atom. The maximum Gasteiger partial charge on any atom is 0.573 e. The number of alkyl halides is 3. The van der Waals surface area contributed by atoms with Crippen molar-refractivity contribution in [3.63, 3.8) is 0 Å². The van der Waals surface area contributed by atoms with Gasteiger partial charge in [0.15, 0.2) is 10.7 Å². The molecule has 0 spiro atoms. The van der Waals surface area contributed by atoms with Gasteiger partial charge in [0.25, 0.3) is 10.0 Å². The van der Waals surface area contributed by atoms with E-state index in [0.29, 0.717) is 0 Å². The van der Waals surface area contributed by atoms with Crippen molar-refractivity contribution in [2.24, 2.45) is 0 Å². The summed E-state index contributed by atoms with van der Waals surface area (Å²) in [5.74, 6) is -0.338. The lowest BCUT2D eigenvalue weighted by Gasteiger charge is -2.10. The molecule has 0 radical (unpaired) electrons. The van der Waals surface area contributed by atoms with Gasteiger partial charge in [-0.2, -0.15) is 0 Å². The summed E-state index contributed by atoms with van der Waals surface area (Å²) in [6.07, 6.45) is -4.81. The van der Waals surface area contributed by atoms with Crippen LogP contribution in [0.1, 0.15) is 11.5 Å². The van der Waals surface area contributed by atoms with Crippen LogP contribution in [0.5, 0.6) is 5.75 Å². The van der Waals surface area contributed by atoms with E-state index in [1.54, 1.807) is 0 Å². The number of anilines is 1. The first-order valence-corrected chi connectivity index (χ1v) is 7.38. The average Bonchev–Trinajstić information content (AvgIpc) is 2.70. The van der Waals surface area contributed by atoms with E-state index in [1.165, 1.54) is 13.8 Å². The van der Waals surface area contributed by atoms with Crippen molar-refractivity contribution in [1.29, 1.82) is 0 Å². The van der Waals surface area contributed by atoms with E-state index in [4.69, 9.17) is 4.52 Å². The zero-order valence-electron chi connectivity index (χ0n) is 11.4. The predicted octanol–water partition coefficient (Wildman–Crippen LogP) is 2.99. The first-order valence-electron chi connectivity index (χ1n) is 5.90. The maximum atomic E-state index is 12.2. The first-order chi connectivity index (χ1) is 10.1. The van der Waals surface area contributed by atoms with Gasteiger partial charge < -0.3 is 9.26 Å². The number of hydrogen-bond acceptors (Lipinski definition) is 5. The number of aryl methyl sites for hydroxylation is 2. The molecular weight excluding hydrogens is 325 g/mol. The zero-order chi connectivity index (χ0) is 16.5. The van der Waals surface area contributed by atoms with Crippen LogP contribution in [0.3, 0.4) is 0 Å². The number of rotatable bonds is 4. The second kappa shape index (κ2) is 5.52. The van der Waals surface area contributed by atoms with Crippen molar-refractivity contribution < 1.29 is 30.8 Å². The van der Waals surface area contributed by atoms with Crippen molar-refractivity contribution in [2.45, 2.75) is 25.1 Å². The standard InChI is InChI=1S/C12H11F3N2O4S/c1-7-11(8(2)21-16-7)22(18,19)17-9-3-5-10(6-4-9)20-12(13,14)15/h3-6,17H,1-2H3. The number of nitrogens with zero attached hydrogens (tertiary/aromatic N) is 1. The lowest BCUT2D eigenvalue weighted by Crippen LogP contribution is -2.17. The highest BCUT2D eigenvalue weighted by Crippen LogP contribution is 2.26. The molecule has 1 N–H and O–H groups in total. The first kappa shape index (κ1) is 16.1. The molecule has 6 nitrogen and oxygen atoms in total. The topological polar surface area (TPSA) is 81.4 Å². The molecule has 0 fully saturated rings. The molecule has 0 aliphatic heterocycles. The molecule has 1 aromatic heterocycles. The van der Waals surface area contributed by atoms with E-state index in [1.807, 2.05) is 0 Å². The molecule has 0 atom stereocenters. The van der Waals surface area contributed by atoms with Gasteiger partial charge in [0.1, 0.15) is 11.4 Å². The molecule has 22 heavy (non-hydrogen) atoms. The van der Waals surface area contributed by atoms with E-state index < -0.39 is 22.1 Å². The van der Waals surface area contributed by atoms with E-state index >= 15 is 0 Å². The van der Waals surface area contributed by atoms with Crippen LogP contribution < -0.4 is 9.46 Å². The lowest BCUT2D eigenvalue weighted by atomic mass is 10.3. The Bertz CT molecular complexity index is 747. The predicted molar refractivity (Wildman–Crippen MR) is 69.9 cm³/mol. The summed E-state index contributed by atoms with van der Waals surface area (Å²) in [7, 11) is -3.95. The quantitative estimate of drug-likeness (QED) is 0.928. The van der Waals surface area contributed by atoms with Gasteiger partial charge in [0.2, 0.25) is 0 Å². The van der Waals surface area contributed by atoms with Crippen LogP contribution in [0.15, 0.2) is 33.7 Å². The number of halogens is 3. The highest BCUT2D eigenvalue weighted by atomic mass is 32.2. The summed E-state index contributed by atoms with van der Waals surface area (Å²) in [6.45, 7) is 2.90. The minimum Gasteiger partial charge on any atom is -0.406 e. The number of sulfonamides is 1. The SMILES string of the molecule is Cc1noc(C)c1S(=O)(=O)Nc1ccc(OC(F)(F)F)cc1. The van der Waals surface area contributed by atoms with Crippen LogP contribution >= 0.6 is 0 Å². The van der Waals surface area contributed by atoms with E-state index in [-0.39, 0.29) is 22.0 Å². The summed E-state index contributed by atoms with van der Waals surface area (Å²) >= 11 is 0. The molecule has 0 bridgehead atoms. The number of nitrogens with one attached hydrogen (secondary N) is 1. The molecular formula is C12H11F3N2O4S. The lowest BCUT2D eigenvalue weighted by molar-refractivity contribution is -0.274. The fourth-order valence-electron chi connectivity index (χ4n) is 1.79. The summed E-state index contributed by atoms with van der Waals surface area (Å²) in [4.78, 5) is -0.108. The minimum absolute atomic E-state index is 0.0783. The molecule has 0 aliphatic carbocycles. The van der Waals surface area contributed by atoms with Gasteiger partial charge in [0, 0.05) is 5.69 Å². The second-order valence-electron chi connectivity index (χ2n) is 4.33. The Kier molecular flexibility index (Phi) is 4.05. The summed E-state index contributed by atoms with van der Waals surface area (Å²) in [5.41, 5.74) is 0.261. The summed E-state index contributed by atoms with van der Waals surface area (Å²) in [6, 6.07) is 4.30. The third-order valence-corrected chi connectivity index (χ3v) is 4.20. The van der Waals surface area contributed by atoms with Crippen molar-refractivity contribution in [3.05, 3.63) is 35.7 Å². The van der Waals surface area contributed by atoms with Gasteiger partial charge >= 0.3 is 6.36 Å². The monoisotopic (exact) mass is 336 g/mol. The third kappa shape index (κ3) is 3.70. The van der Waals surface area contributed by atoms with Gasteiger partial charge in [-0.15, -0.1) is 13.2 Å². The maximum absolute atomic E-state index is 12.2. The Morgan fingerprint density at radius 3 is 2.23 bits per heavy atom. The number of benzene rings is 1. The van der Waals surface area contributed by atoms with E-state index in [0.717, 1.165) is 24.3 Å². The third-order valence-electron chi connectivity index (χ3n) is 2.58. The molecule has 1 aromatic carbocycles. The number of hydrogen-bond donors (Lipinski definition) is 1. The zero-order valence-corrected chi connectivity index (χ0v) is 12.2. The second-order valence-corrected chi connectivity index (χ2v) is 5.95. The van der Waals surface area contributed by atoms with Crippen molar-refractivity contribution in [3.8, 4) is 5.75 Å². The highest BCUT2D eigenvalue weighted by molar-refractivity contribution is 7.92. The van der Waals surface area contributed by atoms with Crippen LogP contribution in [0.4, 0.5) is 18.9 Å². The van der Waals surface area contributed by atoms with Crippen LogP contribution in [-0.2, 0) is 10.0 Å². The molecule has 10 heteroatoms. The van der Waals surface area contributed by atoms with Gasteiger partial charge in [-0.05, 0) is 38.1 Å². The normalized spacial score (nSPS) is 12.2. The largest absolute Gasteiger partial charge is 0.573 e. The van der Waals surface area contributed by atoms with Gasteiger partial charge in [-0.3, -0.25) is 4.72 Å². The van der Waals surface area contributed by atoms with Gasteiger partial charge in [0.05, 0.1) is 0 Å². The Labute approximate surface area is 123 Å². The van der Waals surface area contributed by atoms with Gasteiger partial charge in [-0.1, -0.05) is 5.16 Å². The fraction of sp³-hybridized carbons (Fsp3) is 0.250. The minimum atomic E-state index is -4.81. The van der Waals surface area contributed by atoms with Crippen molar-refractivity contribution in [2.75, 3.05) is 4.72 Å². The number of aromatic nitrogens is 1. The Hall–Kier alpha value is -2.23. The van der Waals surface area contributed by atoms with E-state index in [9.17, 15) is 21.6 Å². The molecule has 2 aromatic rings. The summed E-state index contributed by atoms with van der Waals surface area (Å²) < 4.78 is 71.2. The molecule has 0 aliphatic rings. The molecule has 0 amide bonds. The molecule has 0 saturated carbocycles. The Morgan fingerprint density at radius 2 is 1.77 bits per heavy atom. The Balaban J connectivity index is 2.21. The van der Waals surface area contributed by atoms with Crippen molar-refractivity contribution in [1.82, 2.24) is 5.16 Å². The smallest absolute Gasteiger partial charge is 0.406 e. The fourth-order valence-corrected chi connectivity index (χ4v) is 3.18. The van der Waals surface area contributed by atoms with Crippen molar-refractivity contribution >= 4 is 15.7 Å². The van der Waals surface area contributed by atoms with Crippen LogP contribution in [0.25, 0.3) is 0 Å². The highest BCUT2D eigenvalue weighted by Gasteiger charge is 2.31. The molecule has 0 saturated heterocycles. The van der Waals surface area contributed by atoms with E-state index in [2.05, 4.69) is 14.6 Å². The van der Waals surface area contributed by atoms with Crippen LogP contribution in [0.2, 0.25) is 0 Å². The molecule has 0 unspecified atom stereocenters. The molecule has 1 heterocycles. The van der Waals surface area contributed by atoms with Crippen LogP contribution in [-0.4, -0.2) is 19.9 Å². The molecule has 120 valence electrons. The summed E-state index contributed by atoms with van der Waals surface area (Å²) in [5, 5.41) is 3.54. The van der Waals surface area contributed by atoms with Gasteiger partial charge in [-0.25, -0.2) is 8.42 Å². The molecule has 2 rings (SSSR count). The number of ether oxygens (including phenoxy) is 1. The average molecular weight is 336 g/mol. The van der Waals surface area contributed by atoms with Crippen LogP contribution in [0, 0.1) is 13.8 Å².